The largest absolute Gasteiger partial charge is 0.349 e. The lowest BCUT2D eigenvalue weighted by Gasteiger charge is -2.32. The van der Waals surface area contributed by atoms with Crippen LogP contribution in [0, 0.1) is 5.92 Å². The molecule has 6 nitrogen and oxygen atoms in total. The van der Waals surface area contributed by atoms with E-state index in [9.17, 15) is 4.79 Å². The molecular weight excluding hydrogens is 374 g/mol. The van der Waals surface area contributed by atoms with Gasteiger partial charge in [-0.15, -0.1) is 0 Å². The third-order valence-electron chi connectivity index (χ3n) is 6.77. The van der Waals surface area contributed by atoms with Crippen molar-refractivity contribution >= 4 is 16.8 Å². The predicted molar refractivity (Wildman–Crippen MR) is 117 cm³/mol. The first-order valence-corrected chi connectivity index (χ1v) is 11.1. The molecule has 3 aromatic rings. The van der Waals surface area contributed by atoms with Crippen LogP contribution in [-0.4, -0.2) is 44.5 Å². The maximum atomic E-state index is 12.9. The van der Waals surface area contributed by atoms with Gasteiger partial charge in [0.25, 0.3) is 5.91 Å². The van der Waals surface area contributed by atoms with Gasteiger partial charge in [-0.25, -0.2) is 4.98 Å². The van der Waals surface area contributed by atoms with Crippen molar-refractivity contribution in [1.82, 2.24) is 24.8 Å². The van der Waals surface area contributed by atoms with E-state index in [2.05, 4.69) is 24.8 Å². The number of nitrogens with zero attached hydrogens (tertiary/aromatic N) is 4. The summed E-state index contributed by atoms with van der Waals surface area (Å²) in [5.74, 6) is 0.800. The summed E-state index contributed by atoms with van der Waals surface area (Å²) in [5.41, 5.74) is 2.93. The molecule has 1 fully saturated rings. The van der Waals surface area contributed by atoms with E-state index in [1.54, 1.807) is 6.20 Å². The highest BCUT2D eigenvalue weighted by molar-refractivity contribution is 6.06. The van der Waals surface area contributed by atoms with Crippen molar-refractivity contribution in [1.29, 1.82) is 0 Å². The second-order valence-corrected chi connectivity index (χ2v) is 8.71. The van der Waals surface area contributed by atoms with Crippen LogP contribution in [0.5, 0.6) is 0 Å². The van der Waals surface area contributed by atoms with Gasteiger partial charge in [-0.3, -0.25) is 14.7 Å². The smallest absolute Gasteiger partial charge is 0.252 e. The second-order valence-electron chi connectivity index (χ2n) is 8.71. The van der Waals surface area contributed by atoms with Gasteiger partial charge in [0.05, 0.1) is 17.5 Å². The molecule has 0 bridgehead atoms. The zero-order valence-corrected chi connectivity index (χ0v) is 17.3. The van der Waals surface area contributed by atoms with Crippen molar-refractivity contribution in [3.8, 4) is 0 Å². The van der Waals surface area contributed by atoms with E-state index in [1.165, 1.54) is 25.0 Å². The fraction of sp³-hybridized carbons (Fsp3) is 0.458. The van der Waals surface area contributed by atoms with Crippen molar-refractivity contribution in [3.63, 3.8) is 0 Å². The lowest BCUT2D eigenvalue weighted by molar-refractivity contribution is 0.0921. The van der Waals surface area contributed by atoms with Gasteiger partial charge in [0.1, 0.15) is 0 Å². The molecule has 0 saturated heterocycles. The molecule has 2 aromatic heterocycles. The number of hydrogen-bond acceptors (Lipinski definition) is 4. The Bertz CT molecular complexity index is 1020. The van der Waals surface area contributed by atoms with Crippen molar-refractivity contribution in [2.75, 3.05) is 13.1 Å². The third-order valence-corrected chi connectivity index (χ3v) is 6.77. The van der Waals surface area contributed by atoms with Crippen LogP contribution < -0.4 is 5.32 Å². The molecule has 6 heteroatoms. The monoisotopic (exact) mass is 403 g/mol. The number of benzene rings is 1. The van der Waals surface area contributed by atoms with E-state index in [4.69, 9.17) is 0 Å². The molecule has 3 heterocycles. The molecule has 2 aliphatic rings. The van der Waals surface area contributed by atoms with Crippen LogP contribution in [0.15, 0.2) is 49.1 Å². The number of nitrogens with one attached hydrogen (secondary N) is 1. The summed E-state index contributed by atoms with van der Waals surface area (Å²) in [7, 11) is 0. The minimum absolute atomic E-state index is 0.0296. The number of amides is 1. The van der Waals surface area contributed by atoms with Crippen molar-refractivity contribution in [3.05, 3.63) is 60.3 Å². The van der Waals surface area contributed by atoms with Crippen molar-refractivity contribution in [2.24, 2.45) is 5.92 Å². The fourth-order valence-corrected chi connectivity index (χ4v) is 4.95. The molecule has 5 rings (SSSR count). The highest BCUT2D eigenvalue weighted by Crippen LogP contribution is 2.28. The van der Waals surface area contributed by atoms with E-state index >= 15 is 0 Å². The van der Waals surface area contributed by atoms with E-state index in [0.717, 1.165) is 61.4 Å². The average Bonchev–Trinajstić information content (AvgIpc) is 3.26. The number of aromatic nitrogens is 3. The van der Waals surface area contributed by atoms with Gasteiger partial charge < -0.3 is 9.88 Å². The molecule has 1 N–H and O–H groups in total. The van der Waals surface area contributed by atoms with Gasteiger partial charge in [-0.05, 0) is 62.8 Å². The first-order valence-electron chi connectivity index (χ1n) is 11.1. The van der Waals surface area contributed by atoms with E-state index in [0.29, 0.717) is 0 Å². The highest BCUT2D eigenvalue weighted by atomic mass is 16.1. The van der Waals surface area contributed by atoms with Gasteiger partial charge >= 0.3 is 0 Å². The fourth-order valence-electron chi connectivity index (χ4n) is 4.95. The number of carbonyl (C=O) groups excluding carboxylic acids is 1. The molecule has 0 radical (unpaired) electrons. The van der Waals surface area contributed by atoms with Gasteiger partial charge in [0.2, 0.25) is 0 Å². The van der Waals surface area contributed by atoms with Crippen molar-refractivity contribution in [2.45, 2.75) is 51.2 Å². The minimum atomic E-state index is 0.0296. The third kappa shape index (κ3) is 4.10. The minimum Gasteiger partial charge on any atom is -0.349 e. The molecule has 0 atom stereocenters. The number of carbonyl (C=O) groups is 1. The van der Waals surface area contributed by atoms with Crippen LogP contribution in [0.25, 0.3) is 10.9 Å². The summed E-state index contributed by atoms with van der Waals surface area (Å²) in [5, 5.41) is 4.20. The topological polar surface area (TPSA) is 63.1 Å². The predicted octanol–water partition coefficient (Wildman–Crippen LogP) is 3.63. The first kappa shape index (κ1) is 19.2. The quantitative estimate of drug-likeness (QED) is 0.707. The molecule has 1 aliphatic carbocycles. The Balaban J connectivity index is 1.10. The maximum absolute atomic E-state index is 12.9. The van der Waals surface area contributed by atoms with Crippen LogP contribution in [0.2, 0.25) is 0 Å². The number of rotatable bonds is 5. The lowest BCUT2D eigenvalue weighted by atomic mass is 9.84. The highest BCUT2D eigenvalue weighted by Gasteiger charge is 2.24. The Morgan fingerprint density at radius 3 is 2.90 bits per heavy atom. The van der Waals surface area contributed by atoms with Crippen molar-refractivity contribution < 1.29 is 4.79 Å². The summed E-state index contributed by atoms with van der Waals surface area (Å²) in [6.45, 7) is 4.35. The molecule has 1 amide bonds. The zero-order valence-electron chi connectivity index (χ0n) is 17.3. The normalized spacial score (nSPS) is 22.0. The first-order chi connectivity index (χ1) is 14.8. The number of pyridine rings is 1. The standard InChI is InChI=1S/C24H29N5O/c30-24(22-3-1-5-23-21(22)4-2-11-26-23)27-19-8-6-18(7-9-19)10-12-28-13-14-29-17-25-15-20(29)16-28/h1-5,11,15,17-19H,6-10,12-14,16H2,(H,27,30)/t18-,19-. The Morgan fingerprint density at radius 1 is 1.10 bits per heavy atom. The Labute approximate surface area is 177 Å². The molecule has 1 aromatic carbocycles. The average molecular weight is 404 g/mol. The Kier molecular flexibility index (Phi) is 5.49. The second kappa shape index (κ2) is 8.56. The molecule has 156 valence electrons. The molecule has 0 unspecified atom stereocenters. The van der Waals surface area contributed by atoms with E-state index in [1.807, 2.05) is 42.9 Å². The molecule has 1 aliphatic heterocycles. The molecule has 1 saturated carbocycles. The maximum Gasteiger partial charge on any atom is 0.252 e. The van der Waals surface area contributed by atoms with Crippen LogP contribution in [0.1, 0.15) is 48.2 Å². The molecule has 0 spiro atoms. The van der Waals surface area contributed by atoms with Crippen LogP contribution in [0.3, 0.4) is 0 Å². The SMILES string of the molecule is O=C(N[C@H]1CC[C@H](CCN2CCn3cncc3C2)CC1)c1cccc2ncccc12. The van der Waals surface area contributed by atoms with Crippen LogP contribution in [-0.2, 0) is 13.1 Å². The van der Waals surface area contributed by atoms with Gasteiger partial charge in [0, 0.05) is 49.0 Å². The van der Waals surface area contributed by atoms with Gasteiger partial charge in [-0.2, -0.15) is 0 Å². The number of fused-ring (bicyclic) bond motifs is 2. The number of imidazole rings is 1. The van der Waals surface area contributed by atoms with E-state index in [-0.39, 0.29) is 11.9 Å². The summed E-state index contributed by atoms with van der Waals surface area (Å²) >= 11 is 0. The lowest BCUT2D eigenvalue weighted by Crippen LogP contribution is -2.38. The summed E-state index contributed by atoms with van der Waals surface area (Å²) in [6, 6.07) is 9.91. The Morgan fingerprint density at radius 2 is 2.00 bits per heavy atom. The Hall–Kier alpha value is -2.73. The molecule has 30 heavy (non-hydrogen) atoms. The molecular formula is C24H29N5O. The number of hydrogen-bond donors (Lipinski definition) is 1. The summed E-state index contributed by atoms with van der Waals surface area (Å²) < 4.78 is 2.26. The van der Waals surface area contributed by atoms with Crippen LogP contribution in [0.4, 0.5) is 0 Å². The van der Waals surface area contributed by atoms with Gasteiger partial charge in [0.15, 0.2) is 0 Å². The summed E-state index contributed by atoms with van der Waals surface area (Å²) in [6.07, 6.45) is 11.5. The van der Waals surface area contributed by atoms with E-state index < -0.39 is 0 Å². The van der Waals surface area contributed by atoms with Gasteiger partial charge in [-0.1, -0.05) is 12.1 Å². The zero-order chi connectivity index (χ0) is 20.3. The van der Waals surface area contributed by atoms with Crippen LogP contribution >= 0.6 is 0 Å². The summed E-state index contributed by atoms with van der Waals surface area (Å²) in [4.78, 5) is 24.0.